The Hall–Kier alpha value is -0.800. The molecule has 1 unspecified atom stereocenters. The molecule has 1 saturated carbocycles. The number of hydrogen-bond acceptors (Lipinski definition) is 1. The number of benzene rings is 1. The lowest BCUT2D eigenvalue weighted by Crippen LogP contribution is -2.21. The number of rotatable bonds is 1. The van der Waals surface area contributed by atoms with Crippen LogP contribution < -0.4 is 0 Å². The fourth-order valence-corrected chi connectivity index (χ4v) is 3.82. The van der Waals surface area contributed by atoms with Crippen molar-refractivity contribution >= 4 is 34.9 Å². The highest BCUT2D eigenvalue weighted by Crippen LogP contribution is 2.47. The van der Waals surface area contributed by atoms with Crippen molar-refractivity contribution < 1.29 is 0 Å². The fraction of sp³-hybridized carbons (Fsp3) is 0.500. The molecule has 1 aromatic heterocycles. The van der Waals surface area contributed by atoms with E-state index < -0.39 is 0 Å². The van der Waals surface area contributed by atoms with Gasteiger partial charge >= 0.3 is 0 Å². The number of fused-ring (bicyclic) bond motifs is 1. The second-order valence-electron chi connectivity index (χ2n) is 5.83. The summed E-state index contributed by atoms with van der Waals surface area (Å²) in [5.74, 6) is 0. The quantitative estimate of drug-likeness (QED) is 0.721. The van der Waals surface area contributed by atoms with Crippen molar-refractivity contribution in [3.05, 3.63) is 28.0 Å². The lowest BCUT2D eigenvalue weighted by molar-refractivity contribution is 0.264. The zero-order valence-corrected chi connectivity index (χ0v) is 12.2. The molecule has 0 bridgehead atoms. The van der Waals surface area contributed by atoms with Crippen molar-refractivity contribution in [2.75, 3.05) is 0 Å². The van der Waals surface area contributed by atoms with Crippen molar-refractivity contribution in [2.24, 2.45) is 5.41 Å². The molecule has 18 heavy (non-hydrogen) atoms. The molecule has 2 nitrogen and oxygen atoms in total. The first-order valence-corrected chi connectivity index (χ1v) is 7.18. The summed E-state index contributed by atoms with van der Waals surface area (Å²) in [5, 5.41) is 0.780. The van der Waals surface area contributed by atoms with E-state index in [9.17, 15) is 0 Å². The van der Waals surface area contributed by atoms with Crippen LogP contribution in [0.5, 0.6) is 0 Å². The molecule has 0 radical (unpaired) electrons. The predicted molar refractivity (Wildman–Crippen MR) is 78.8 cm³/mol. The Morgan fingerprint density at radius 3 is 2.89 bits per heavy atom. The van der Waals surface area contributed by atoms with E-state index in [0.717, 1.165) is 20.8 Å². The first-order chi connectivity index (χ1) is 8.50. The molecule has 1 aromatic carbocycles. The second kappa shape index (κ2) is 4.10. The minimum absolute atomic E-state index is 0.284. The Balaban J connectivity index is 2.29. The Kier molecular flexibility index (Phi) is 2.79. The van der Waals surface area contributed by atoms with Crippen LogP contribution in [-0.2, 0) is 0 Å². The molecule has 0 saturated heterocycles. The number of para-hydroxylation sites is 1. The van der Waals surface area contributed by atoms with Gasteiger partial charge in [0.25, 0.3) is 0 Å². The maximum atomic E-state index is 6.36. The molecule has 1 heterocycles. The van der Waals surface area contributed by atoms with Gasteiger partial charge in [0, 0.05) is 6.04 Å². The Morgan fingerprint density at radius 1 is 1.44 bits per heavy atom. The molecule has 0 amide bonds. The molecule has 1 N–H and O–H groups in total. The van der Waals surface area contributed by atoms with E-state index in [1.54, 1.807) is 0 Å². The Labute approximate surface area is 117 Å². The summed E-state index contributed by atoms with van der Waals surface area (Å²) in [6, 6.07) is 6.37. The third-order valence-corrected chi connectivity index (χ3v) is 4.80. The Bertz CT molecular complexity index is 653. The molecule has 1 aliphatic carbocycles. The van der Waals surface area contributed by atoms with Gasteiger partial charge in [0.15, 0.2) is 4.77 Å². The molecule has 3 rings (SSSR count). The molecule has 1 fully saturated rings. The van der Waals surface area contributed by atoms with E-state index in [4.69, 9.17) is 23.8 Å². The molecular formula is C14H17ClN2S. The maximum Gasteiger partial charge on any atom is 0.178 e. The van der Waals surface area contributed by atoms with Crippen LogP contribution in [-0.4, -0.2) is 9.55 Å². The van der Waals surface area contributed by atoms with Crippen molar-refractivity contribution in [3.63, 3.8) is 0 Å². The van der Waals surface area contributed by atoms with Crippen molar-refractivity contribution in [1.82, 2.24) is 9.55 Å². The van der Waals surface area contributed by atoms with E-state index in [2.05, 4.69) is 23.4 Å². The molecule has 2 aromatic rings. The number of halogens is 1. The molecule has 0 aliphatic heterocycles. The third-order valence-electron chi connectivity index (χ3n) is 4.20. The van der Waals surface area contributed by atoms with Crippen molar-refractivity contribution in [2.45, 2.75) is 39.2 Å². The van der Waals surface area contributed by atoms with Gasteiger partial charge in [0.1, 0.15) is 0 Å². The van der Waals surface area contributed by atoms with E-state index in [-0.39, 0.29) is 5.41 Å². The van der Waals surface area contributed by atoms with Crippen LogP contribution in [0.1, 0.15) is 39.2 Å². The predicted octanol–water partition coefficient (Wildman–Crippen LogP) is 5.10. The van der Waals surface area contributed by atoms with Crippen LogP contribution in [0.2, 0.25) is 5.02 Å². The van der Waals surface area contributed by atoms with Gasteiger partial charge in [-0.25, -0.2) is 0 Å². The lowest BCUT2D eigenvalue weighted by Gasteiger charge is -2.28. The fourth-order valence-electron chi connectivity index (χ4n) is 3.22. The highest BCUT2D eigenvalue weighted by molar-refractivity contribution is 7.71. The smallest absolute Gasteiger partial charge is 0.178 e. The molecule has 0 spiro atoms. The molecule has 1 atom stereocenters. The van der Waals surface area contributed by atoms with Crippen LogP contribution in [0.15, 0.2) is 18.2 Å². The van der Waals surface area contributed by atoms with Gasteiger partial charge in [-0.3, -0.25) is 0 Å². The summed E-state index contributed by atoms with van der Waals surface area (Å²) in [7, 11) is 0. The van der Waals surface area contributed by atoms with Gasteiger partial charge in [0.2, 0.25) is 0 Å². The molecule has 4 heteroatoms. The summed E-state index contributed by atoms with van der Waals surface area (Å²) in [4.78, 5) is 3.28. The van der Waals surface area contributed by atoms with Gasteiger partial charge in [-0.2, -0.15) is 0 Å². The third kappa shape index (κ3) is 1.72. The van der Waals surface area contributed by atoms with Gasteiger partial charge in [-0.1, -0.05) is 37.9 Å². The highest BCUT2D eigenvalue weighted by atomic mass is 35.5. The highest BCUT2D eigenvalue weighted by Gasteiger charge is 2.37. The average Bonchev–Trinajstić information content (AvgIpc) is 2.78. The minimum Gasteiger partial charge on any atom is -0.331 e. The van der Waals surface area contributed by atoms with Gasteiger partial charge in [-0.15, -0.1) is 0 Å². The summed E-state index contributed by atoms with van der Waals surface area (Å²) in [6.07, 6.45) is 3.69. The largest absolute Gasteiger partial charge is 0.331 e. The van der Waals surface area contributed by atoms with Crippen molar-refractivity contribution in [1.29, 1.82) is 0 Å². The zero-order valence-electron chi connectivity index (χ0n) is 10.7. The van der Waals surface area contributed by atoms with E-state index in [0.29, 0.717) is 6.04 Å². The van der Waals surface area contributed by atoms with E-state index in [1.807, 2.05) is 18.2 Å². The normalized spacial score (nSPS) is 22.7. The lowest BCUT2D eigenvalue weighted by atomic mass is 9.87. The van der Waals surface area contributed by atoms with Gasteiger partial charge in [0.05, 0.1) is 16.1 Å². The van der Waals surface area contributed by atoms with Crippen molar-refractivity contribution in [3.8, 4) is 0 Å². The average molecular weight is 281 g/mol. The van der Waals surface area contributed by atoms with E-state index in [1.165, 1.54) is 19.3 Å². The molecule has 96 valence electrons. The van der Waals surface area contributed by atoms with Crippen LogP contribution in [0, 0.1) is 10.2 Å². The number of nitrogens with zero attached hydrogens (tertiary/aromatic N) is 1. The number of H-pyrrole nitrogens is 1. The summed E-state index contributed by atoms with van der Waals surface area (Å²) in [5.41, 5.74) is 2.38. The Morgan fingerprint density at radius 2 is 2.22 bits per heavy atom. The van der Waals surface area contributed by atoms with Crippen LogP contribution >= 0.6 is 23.8 Å². The molecule has 1 aliphatic rings. The monoisotopic (exact) mass is 280 g/mol. The first-order valence-electron chi connectivity index (χ1n) is 6.39. The van der Waals surface area contributed by atoms with Crippen LogP contribution in [0.3, 0.4) is 0 Å². The summed E-state index contributed by atoms with van der Waals surface area (Å²) < 4.78 is 3.03. The standard InChI is InChI=1S/C14H17ClN2S/c1-14(2)8-4-7-11(14)17-12-9(15)5-3-6-10(12)16-13(17)18/h3,5-6,11H,4,7-8H2,1-2H3,(H,16,18). The number of imidazole rings is 1. The van der Waals surface area contributed by atoms with E-state index >= 15 is 0 Å². The first kappa shape index (κ1) is 12.2. The number of aromatic nitrogens is 2. The van der Waals surface area contributed by atoms with Gasteiger partial charge < -0.3 is 9.55 Å². The van der Waals surface area contributed by atoms with Crippen LogP contribution in [0.4, 0.5) is 0 Å². The number of nitrogens with one attached hydrogen (secondary N) is 1. The molecular weight excluding hydrogens is 264 g/mol. The topological polar surface area (TPSA) is 20.7 Å². The number of hydrogen-bond donors (Lipinski definition) is 1. The SMILES string of the molecule is CC1(C)CCCC1n1c(=S)[nH]c2cccc(Cl)c21. The second-order valence-corrected chi connectivity index (χ2v) is 6.63. The number of aromatic amines is 1. The van der Waals surface area contributed by atoms with Gasteiger partial charge in [-0.05, 0) is 42.6 Å². The zero-order chi connectivity index (χ0) is 12.9. The maximum absolute atomic E-state index is 6.36. The summed E-state index contributed by atoms with van der Waals surface area (Å²) >= 11 is 11.9. The summed E-state index contributed by atoms with van der Waals surface area (Å²) in [6.45, 7) is 4.64. The van der Waals surface area contributed by atoms with Crippen LogP contribution in [0.25, 0.3) is 11.0 Å². The minimum atomic E-state index is 0.284.